The first-order chi connectivity index (χ1) is 48.2. The van der Waals surface area contributed by atoms with Gasteiger partial charge in [-0.25, -0.2) is 0 Å². The van der Waals surface area contributed by atoms with Crippen LogP contribution < -0.4 is 33.3 Å². The molecule has 1 amide bonds. The Labute approximate surface area is 595 Å². The summed E-state index contributed by atoms with van der Waals surface area (Å²) in [6.07, 6.45) is 3.85. The van der Waals surface area contributed by atoms with E-state index in [4.69, 9.17) is 28.4 Å². The number of benzene rings is 6. The zero-order chi connectivity index (χ0) is 73.0. The topological polar surface area (TPSA) is 238 Å². The number of carboxylic acid groups (broad SMARTS) is 4. The van der Waals surface area contributed by atoms with Crippen LogP contribution in [0.5, 0.6) is 34.5 Å². The number of aliphatic carboxylic acids is 4. The van der Waals surface area contributed by atoms with Crippen molar-refractivity contribution in [2.24, 2.45) is 23.7 Å². The van der Waals surface area contributed by atoms with E-state index in [9.17, 15) is 44.4 Å². The van der Waals surface area contributed by atoms with Gasteiger partial charge >= 0.3 is 23.9 Å². The molecule has 12 rings (SSSR count). The molecule has 0 aliphatic carbocycles. The third-order valence-electron chi connectivity index (χ3n) is 21.5. The molecule has 101 heavy (non-hydrogen) atoms. The van der Waals surface area contributed by atoms with Gasteiger partial charge in [0.1, 0.15) is 29.5 Å². The van der Waals surface area contributed by atoms with Gasteiger partial charge in [-0.2, -0.15) is 0 Å². The molecular formula is C80H105N6O15+. The summed E-state index contributed by atoms with van der Waals surface area (Å²) < 4.78 is 33.3. The van der Waals surface area contributed by atoms with Crippen LogP contribution in [0, 0.1) is 23.7 Å². The van der Waals surface area contributed by atoms with Gasteiger partial charge in [-0.3, -0.25) is 28.9 Å². The maximum Gasteiger partial charge on any atom is 0.308 e. The average molecular weight is 1390 g/mol. The van der Waals surface area contributed by atoms with Crippen molar-refractivity contribution >= 4 is 35.5 Å². The van der Waals surface area contributed by atoms with E-state index in [1.165, 1.54) is 5.56 Å². The molecule has 6 aliphatic rings. The highest BCUT2D eigenvalue weighted by Gasteiger charge is 2.49. The molecule has 4 N–H and O–H groups in total. The van der Waals surface area contributed by atoms with Crippen LogP contribution >= 0.6 is 0 Å². The number of ether oxygens (including phenoxy) is 6. The normalized spacial score (nSPS) is 24.5. The standard InChI is InChI=1S/C38H47N3O6.3C14H19NO3/c1-5-6-18-40(30-11-7-9-26(20-30)24-41(2,3)4)35(42)23-39-22-31(28-14-16-33-29(21-28)17-19-45-33)36(38(43)44)32(39)15-13-27-10-8-12-34-37(27)47-25-46-34;3*1-9-13(14(16)17)12(8-15(9)2)10-4-6-11(18-3)7-5-10/h7-12,14,16,20-21,31-32,36H,5-6,13,15,17-19,22-25H2,1-4H3;3*4-7,9,12-13H,8H2,1-3H3,(H,16,17)/p+1/t31-,32+,36-;3*9-,12+,13-/m1000/s1. The molecule has 0 unspecified atom stereocenters. The molecule has 6 aliphatic heterocycles. The summed E-state index contributed by atoms with van der Waals surface area (Å²) in [5.41, 5.74) is 8.39. The molecule has 0 saturated carbocycles. The number of amides is 1. The number of hydrogen-bond acceptors (Lipinski definition) is 15. The van der Waals surface area contributed by atoms with Gasteiger partial charge in [0, 0.05) is 98.2 Å². The highest BCUT2D eigenvalue weighted by molar-refractivity contribution is 5.95. The van der Waals surface area contributed by atoms with Gasteiger partial charge in [-0.1, -0.05) is 86.1 Å². The van der Waals surface area contributed by atoms with Crippen LogP contribution in [0.25, 0.3) is 0 Å². The third kappa shape index (κ3) is 18.5. The second-order valence-electron chi connectivity index (χ2n) is 28.9. The summed E-state index contributed by atoms with van der Waals surface area (Å²) in [6, 6.07) is 43.2. The first-order valence-corrected chi connectivity index (χ1v) is 35.2. The highest BCUT2D eigenvalue weighted by Crippen LogP contribution is 2.45. The van der Waals surface area contributed by atoms with Crippen molar-refractivity contribution in [2.75, 3.05) is 121 Å². The van der Waals surface area contributed by atoms with Crippen LogP contribution in [0.3, 0.4) is 0 Å². The number of aryl methyl sites for hydroxylation is 1. The van der Waals surface area contributed by atoms with E-state index < -0.39 is 29.8 Å². The number of unbranched alkanes of at least 4 members (excludes halogenated alkanes) is 1. The maximum atomic E-state index is 14.3. The van der Waals surface area contributed by atoms with Gasteiger partial charge in [0.05, 0.1) is 79.3 Å². The van der Waals surface area contributed by atoms with E-state index in [1.807, 2.05) is 162 Å². The van der Waals surface area contributed by atoms with Crippen LogP contribution in [0.2, 0.25) is 0 Å². The number of nitrogens with zero attached hydrogens (tertiary/aromatic N) is 6. The van der Waals surface area contributed by atoms with E-state index in [0.717, 1.165) is 118 Å². The summed E-state index contributed by atoms with van der Waals surface area (Å²) in [5.74, 6) is -0.0818. The lowest BCUT2D eigenvalue weighted by Crippen LogP contribution is -2.44. The van der Waals surface area contributed by atoms with E-state index in [2.05, 4.69) is 65.9 Å². The van der Waals surface area contributed by atoms with Crippen molar-refractivity contribution < 1.29 is 77.3 Å². The largest absolute Gasteiger partial charge is 0.497 e. The lowest BCUT2D eigenvalue weighted by Gasteiger charge is -2.30. The second kappa shape index (κ2) is 34.3. The van der Waals surface area contributed by atoms with Crippen molar-refractivity contribution in [3.05, 3.63) is 172 Å². The number of fused-ring (bicyclic) bond motifs is 2. The molecule has 6 heterocycles. The Bertz CT molecular complexity index is 3570. The number of quaternary nitrogens is 1. The Morgan fingerprint density at radius 1 is 0.545 bits per heavy atom. The average Bonchev–Trinajstić information content (AvgIpc) is 1.64. The fourth-order valence-corrected chi connectivity index (χ4v) is 15.7. The first kappa shape index (κ1) is 76.4. The molecular weight excluding hydrogens is 1280 g/mol. The van der Waals surface area contributed by atoms with Crippen molar-refractivity contribution in [3.8, 4) is 34.5 Å². The fraction of sp³-hybridized carbons (Fsp3) is 0.487. The molecule has 4 fully saturated rings. The fourth-order valence-electron chi connectivity index (χ4n) is 15.7. The highest BCUT2D eigenvalue weighted by atomic mass is 16.7. The van der Waals surface area contributed by atoms with Crippen LogP contribution in [0.1, 0.15) is 110 Å². The number of carbonyl (C=O) groups excluding carboxylic acids is 1. The zero-order valence-corrected chi connectivity index (χ0v) is 61.0. The molecule has 0 bridgehead atoms. The molecule has 21 nitrogen and oxygen atoms in total. The Balaban J connectivity index is 0.000000180. The quantitative estimate of drug-likeness (QED) is 0.0462. The Morgan fingerprint density at radius 3 is 1.47 bits per heavy atom. The Kier molecular flexibility index (Phi) is 26.0. The minimum absolute atomic E-state index is 0.00433. The predicted molar refractivity (Wildman–Crippen MR) is 388 cm³/mol. The molecule has 6 aromatic carbocycles. The SMILES string of the molecule is CCCCN(C(=O)CN1C[C@H](c2ccc3c(c2)CCO3)[C@@H](C(=O)O)[C@@H]1CCc1cccc2c1OCO2)c1cccc(C[N+](C)(C)C)c1.COc1ccc([C@H]2CN(C)[C@@H](C)[C@@H]2C(=O)O)cc1.COc1ccc([C@H]2CN(C)[C@@H](C)[C@@H]2C(=O)O)cc1.COc1ccc([C@H]2CN(C)[C@@H](C)[C@@H]2C(=O)O)cc1. The summed E-state index contributed by atoms with van der Waals surface area (Å²) >= 11 is 0. The molecule has 12 atom stereocenters. The second-order valence-corrected chi connectivity index (χ2v) is 28.9. The number of rotatable bonds is 22. The van der Waals surface area contributed by atoms with Crippen LogP contribution in [-0.2, 0) is 43.4 Å². The van der Waals surface area contributed by atoms with Crippen molar-refractivity contribution in [1.29, 1.82) is 0 Å². The Morgan fingerprint density at radius 2 is 1.01 bits per heavy atom. The number of anilines is 1. The number of para-hydroxylation sites is 1. The molecule has 6 aromatic rings. The van der Waals surface area contributed by atoms with Crippen molar-refractivity contribution in [2.45, 2.75) is 114 Å². The lowest BCUT2D eigenvalue weighted by atomic mass is 9.83. The van der Waals surface area contributed by atoms with Gasteiger partial charge in [0.15, 0.2) is 11.5 Å². The van der Waals surface area contributed by atoms with E-state index in [0.29, 0.717) is 38.3 Å². The van der Waals surface area contributed by atoms with E-state index >= 15 is 0 Å². The van der Waals surface area contributed by atoms with Crippen molar-refractivity contribution in [3.63, 3.8) is 0 Å². The number of carboxylic acids is 4. The van der Waals surface area contributed by atoms with E-state index in [-0.39, 0.29) is 84.8 Å². The molecule has 0 aromatic heterocycles. The Hall–Kier alpha value is -8.73. The van der Waals surface area contributed by atoms with Crippen LogP contribution in [0.15, 0.2) is 133 Å². The number of likely N-dealkylation sites (tertiary alicyclic amines) is 4. The molecule has 544 valence electrons. The summed E-state index contributed by atoms with van der Waals surface area (Å²) in [6.45, 7) is 13.3. The minimum Gasteiger partial charge on any atom is -0.497 e. The minimum atomic E-state index is -0.833. The van der Waals surface area contributed by atoms with Gasteiger partial charge in [0.2, 0.25) is 12.7 Å². The first-order valence-electron chi connectivity index (χ1n) is 35.2. The molecule has 0 radical (unpaired) electrons. The number of carbonyl (C=O) groups is 5. The smallest absolute Gasteiger partial charge is 0.308 e. The maximum absolute atomic E-state index is 14.3. The van der Waals surface area contributed by atoms with Gasteiger partial charge in [0.25, 0.3) is 0 Å². The summed E-state index contributed by atoms with van der Waals surface area (Å²) in [4.78, 5) is 72.0. The van der Waals surface area contributed by atoms with E-state index in [1.54, 1.807) is 21.3 Å². The van der Waals surface area contributed by atoms with Crippen LogP contribution in [-0.4, -0.2) is 215 Å². The number of methoxy groups -OCH3 is 3. The van der Waals surface area contributed by atoms with Gasteiger partial charge in [-0.05, 0) is 155 Å². The number of hydrogen-bond donors (Lipinski definition) is 4. The number of likely N-dealkylation sites (N-methyl/N-ethyl adjacent to an activating group) is 3. The summed E-state index contributed by atoms with van der Waals surface area (Å²) in [7, 11) is 17.3. The zero-order valence-electron chi connectivity index (χ0n) is 61.0. The van der Waals surface area contributed by atoms with Crippen molar-refractivity contribution in [1.82, 2.24) is 19.6 Å². The lowest BCUT2D eigenvalue weighted by molar-refractivity contribution is -0.884. The molecule has 21 heteroatoms. The predicted octanol–water partition coefficient (Wildman–Crippen LogP) is 10.9. The monoisotopic (exact) mass is 1390 g/mol. The van der Waals surface area contributed by atoms with Gasteiger partial charge < -0.3 is 72.9 Å². The third-order valence-corrected chi connectivity index (χ3v) is 21.5. The van der Waals surface area contributed by atoms with Crippen LogP contribution in [0.4, 0.5) is 5.69 Å². The van der Waals surface area contributed by atoms with Gasteiger partial charge in [-0.15, -0.1) is 0 Å². The summed E-state index contributed by atoms with van der Waals surface area (Å²) in [5, 5.41) is 38.9. The molecule has 0 spiro atoms. The molecule has 4 saturated heterocycles.